The van der Waals surface area contributed by atoms with Crippen molar-refractivity contribution in [1.29, 1.82) is 0 Å². The molecule has 0 bridgehead atoms. The molecule has 3 nitrogen and oxygen atoms in total. The number of nitrogens with two attached hydrogens (primary N) is 1. The highest BCUT2D eigenvalue weighted by atomic mass is 35.5. The van der Waals surface area contributed by atoms with Gasteiger partial charge in [0.25, 0.3) is 0 Å². The zero-order valence-electron chi connectivity index (χ0n) is 10.7. The Morgan fingerprint density at radius 1 is 1.44 bits per heavy atom. The highest BCUT2D eigenvalue weighted by Gasteiger charge is 2.21. The van der Waals surface area contributed by atoms with Crippen LogP contribution >= 0.6 is 11.6 Å². The molecule has 3 N–H and O–H groups in total. The smallest absolute Gasteiger partial charge is 0.142 e. The summed E-state index contributed by atoms with van der Waals surface area (Å²) in [6.07, 6.45) is 1.35. The summed E-state index contributed by atoms with van der Waals surface area (Å²) in [5.41, 5.74) is 3.46. The van der Waals surface area contributed by atoms with Crippen molar-refractivity contribution >= 4 is 11.6 Å². The number of hydrogen-bond donors (Lipinski definition) is 2. The molecular formula is C13H20ClFN2O. The van der Waals surface area contributed by atoms with Gasteiger partial charge in [-0.3, -0.25) is 11.3 Å². The van der Waals surface area contributed by atoms with Crippen molar-refractivity contribution in [2.24, 2.45) is 5.84 Å². The fraction of sp³-hybridized carbons (Fsp3) is 0.538. The van der Waals surface area contributed by atoms with E-state index in [1.165, 1.54) is 6.07 Å². The van der Waals surface area contributed by atoms with Gasteiger partial charge in [0.2, 0.25) is 0 Å². The highest BCUT2D eigenvalue weighted by Crippen LogP contribution is 2.22. The third-order valence-electron chi connectivity index (χ3n) is 2.92. The van der Waals surface area contributed by atoms with E-state index in [9.17, 15) is 4.39 Å². The topological polar surface area (TPSA) is 47.3 Å². The molecule has 0 fully saturated rings. The first-order valence-corrected chi connectivity index (χ1v) is 6.52. The van der Waals surface area contributed by atoms with Crippen LogP contribution < -0.4 is 11.3 Å². The molecule has 0 saturated carbocycles. The zero-order chi connectivity index (χ0) is 13.5. The van der Waals surface area contributed by atoms with Crippen molar-refractivity contribution in [2.45, 2.75) is 38.8 Å². The molecule has 0 aromatic heterocycles. The molecular weight excluding hydrogens is 255 g/mol. The second-order valence-corrected chi connectivity index (χ2v) is 4.47. The highest BCUT2D eigenvalue weighted by molar-refractivity contribution is 6.31. The molecule has 102 valence electrons. The third-order valence-corrected chi connectivity index (χ3v) is 3.34. The van der Waals surface area contributed by atoms with Gasteiger partial charge in [-0.1, -0.05) is 30.7 Å². The van der Waals surface area contributed by atoms with Crippen molar-refractivity contribution in [3.63, 3.8) is 0 Å². The van der Waals surface area contributed by atoms with E-state index in [0.717, 1.165) is 12.0 Å². The molecule has 1 rings (SSSR count). The molecule has 0 radical (unpaired) electrons. The van der Waals surface area contributed by atoms with Gasteiger partial charge in [0.05, 0.1) is 17.2 Å². The second kappa shape index (κ2) is 7.69. The summed E-state index contributed by atoms with van der Waals surface area (Å²) in [5, 5.41) is 0.157. The lowest BCUT2D eigenvalue weighted by atomic mass is 10.00. The molecule has 0 aliphatic carbocycles. The minimum absolute atomic E-state index is 0.0145. The summed E-state index contributed by atoms with van der Waals surface area (Å²) >= 11 is 5.93. The van der Waals surface area contributed by atoms with E-state index >= 15 is 0 Å². The Kier molecular flexibility index (Phi) is 6.57. The predicted molar refractivity (Wildman–Crippen MR) is 71.9 cm³/mol. The molecule has 0 heterocycles. The first-order valence-electron chi connectivity index (χ1n) is 6.14. The van der Waals surface area contributed by atoms with Crippen LogP contribution in [-0.4, -0.2) is 18.8 Å². The molecule has 2 unspecified atom stereocenters. The molecule has 1 aromatic carbocycles. The maximum atomic E-state index is 13.3. The van der Waals surface area contributed by atoms with Crippen LogP contribution in [0.15, 0.2) is 18.2 Å². The number of nitrogens with one attached hydrogen (secondary N) is 1. The quantitative estimate of drug-likeness (QED) is 0.594. The third kappa shape index (κ3) is 3.92. The summed E-state index contributed by atoms with van der Waals surface area (Å²) in [6.45, 7) is 4.58. The molecule has 1 aromatic rings. The molecule has 0 saturated heterocycles. The fourth-order valence-electron chi connectivity index (χ4n) is 1.97. The summed E-state index contributed by atoms with van der Waals surface area (Å²) in [4.78, 5) is 0. The average Bonchev–Trinajstić information content (AvgIpc) is 2.38. The van der Waals surface area contributed by atoms with Crippen LogP contribution in [0.5, 0.6) is 0 Å². The number of rotatable bonds is 7. The van der Waals surface area contributed by atoms with E-state index in [-0.39, 0.29) is 17.2 Å². The van der Waals surface area contributed by atoms with E-state index in [0.29, 0.717) is 13.0 Å². The Bertz CT molecular complexity index is 376. The molecule has 18 heavy (non-hydrogen) atoms. The van der Waals surface area contributed by atoms with Gasteiger partial charge in [-0.2, -0.15) is 0 Å². The van der Waals surface area contributed by atoms with Gasteiger partial charge in [0.1, 0.15) is 5.82 Å². The maximum Gasteiger partial charge on any atom is 0.142 e. The van der Waals surface area contributed by atoms with Crippen LogP contribution in [-0.2, 0) is 11.2 Å². The molecule has 0 aliphatic heterocycles. The lowest BCUT2D eigenvalue weighted by Crippen LogP contribution is -2.46. The van der Waals surface area contributed by atoms with Crippen LogP contribution in [0.25, 0.3) is 0 Å². The zero-order valence-corrected chi connectivity index (χ0v) is 11.5. The molecule has 0 aliphatic rings. The predicted octanol–water partition coefficient (Wildman–Crippen LogP) is 2.67. The summed E-state index contributed by atoms with van der Waals surface area (Å²) in [6, 6.07) is 4.70. The van der Waals surface area contributed by atoms with Crippen LogP contribution in [0, 0.1) is 5.82 Å². The Balaban J connectivity index is 2.81. The molecule has 0 spiro atoms. The summed E-state index contributed by atoms with van der Waals surface area (Å²) < 4.78 is 19.0. The van der Waals surface area contributed by atoms with E-state index in [2.05, 4.69) is 5.43 Å². The van der Waals surface area contributed by atoms with Crippen LogP contribution in [0.1, 0.15) is 25.8 Å². The largest absolute Gasteiger partial charge is 0.377 e. The number of ether oxygens (including phenoxy) is 1. The first kappa shape index (κ1) is 15.4. The molecule has 5 heteroatoms. The minimum Gasteiger partial charge on any atom is -0.377 e. The average molecular weight is 275 g/mol. The monoisotopic (exact) mass is 274 g/mol. The van der Waals surface area contributed by atoms with Gasteiger partial charge in [-0.15, -0.1) is 0 Å². The number of benzene rings is 1. The van der Waals surface area contributed by atoms with Crippen molar-refractivity contribution in [3.8, 4) is 0 Å². The molecule has 0 amide bonds. The van der Waals surface area contributed by atoms with E-state index in [1.54, 1.807) is 12.1 Å². The van der Waals surface area contributed by atoms with E-state index < -0.39 is 5.82 Å². The van der Waals surface area contributed by atoms with Gasteiger partial charge in [-0.25, -0.2) is 4.39 Å². The molecule has 2 atom stereocenters. The van der Waals surface area contributed by atoms with Gasteiger partial charge in [0.15, 0.2) is 0 Å². The number of halogens is 2. The first-order chi connectivity index (χ1) is 8.63. The standard InChI is InChI=1S/C13H20ClFN2O/c1-3-12(18-4-2)11(17-16)8-9-6-5-7-10(15)13(9)14/h5-7,11-12,17H,3-4,8,16H2,1-2H3. The van der Waals surface area contributed by atoms with Crippen LogP contribution in [0.4, 0.5) is 4.39 Å². The minimum atomic E-state index is -0.408. The fourth-order valence-corrected chi connectivity index (χ4v) is 2.18. The lowest BCUT2D eigenvalue weighted by Gasteiger charge is -2.25. The Hall–Kier alpha value is -0.680. The van der Waals surface area contributed by atoms with Gasteiger partial charge in [0, 0.05) is 6.61 Å². The Morgan fingerprint density at radius 2 is 2.17 bits per heavy atom. The van der Waals surface area contributed by atoms with Crippen molar-refractivity contribution in [2.75, 3.05) is 6.61 Å². The maximum absolute atomic E-state index is 13.3. The number of hydrazine groups is 1. The Morgan fingerprint density at radius 3 is 2.72 bits per heavy atom. The second-order valence-electron chi connectivity index (χ2n) is 4.09. The number of hydrogen-bond acceptors (Lipinski definition) is 3. The van der Waals surface area contributed by atoms with Crippen molar-refractivity contribution in [1.82, 2.24) is 5.43 Å². The van der Waals surface area contributed by atoms with Crippen LogP contribution in [0.3, 0.4) is 0 Å². The lowest BCUT2D eigenvalue weighted by molar-refractivity contribution is 0.0319. The van der Waals surface area contributed by atoms with Gasteiger partial charge in [-0.05, 0) is 31.4 Å². The Labute approximate surface area is 112 Å². The SMILES string of the molecule is CCOC(CC)C(Cc1cccc(F)c1Cl)NN. The van der Waals surface area contributed by atoms with Gasteiger partial charge >= 0.3 is 0 Å². The van der Waals surface area contributed by atoms with Crippen molar-refractivity contribution < 1.29 is 9.13 Å². The normalized spacial score (nSPS) is 14.5. The van der Waals surface area contributed by atoms with Crippen molar-refractivity contribution in [3.05, 3.63) is 34.6 Å². The van der Waals surface area contributed by atoms with Gasteiger partial charge < -0.3 is 4.74 Å². The summed E-state index contributed by atoms with van der Waals surface area (Å²) in [5.74, 6) is 5.14. The van der Waals surface area contributed by atoms with E-state index in [1.807, 2.05) is 13.8 Å². The summed E-state index contributed by atoms with van der Waals surface area (Å²) in [7, 11) is 0. The van der Waals surface area contributed by atoms with Crippen LogP contribution in [0.2, 0.25) is 5.02 Å². The van der Waals surface area contributed by atoms with E-state index in [4.69, 9.17) is 22.2 Å².